The maximum absolute atomic E-state index is 12.8. The summed E-state index contributed by atoms with van der Waals surface area (Å²) < 4.78 is 0.920. The van der Waals surface area contributed by atoms with Crippen LogP contribution in [0.4, 0.5) is 0 Å². The number of halogens is 1. The van der Waals surface area contributed by atoms with E-state index in [0.717, 1.165) is 22.2 Å². The predicted octanol–water partition coefficient (Wildman–Crippen LogP) is 4.14. The highest BCUT2D eigenvalue weighted by Gasteiger charge is 2.42. The van der Waals surface area contributed by atoms with E-state index in [1.54, 1.807) is 6.92 Å². The third kappa shape index (κ3) is 2.93. The molecule has 0 saturated carbocycles. The van der Waals surface area contributed by atoms with Crippen molar-refractivity contribution in [1.82, 2.24) is 5.32 Å². The minimum atomic E-state index is -0.989. The Morgan fingerprint density at radius 3 is 2.46 bits per heavy atom. The Kier molecular flexibility index (Phi) is 4.16. The topological polar surface area (TPSA) is 66.4 Å². The zero-order valence-corrected chi connectivity index (χ0v) is 15.5. The third-order valence-corrected chi connectivity index (χ3v) is 5.20. The lowest BCUT2D eigenvalue weighted by Gasteiger charge is -2.39. The maximum Gasteiger partial charge on any atom is 0.334 e. The quantitative estimate of drug-likeness (QED) is 0.797. The van der Waals surface area contributed by atoms with Crippen molar-refractivity contribution in [3.8, 4) is 0 Å². The van der Waals surface area contributed by atoms with E-state index in [4.69, 9.17) is 0 Å². The van der Waals surface area contributed by atoms with Gasteiger partial charge in [-0.25, -0.2) is 4.79 Å². The molecule has 0 saturated heterocycles. The van der Waals surface area contributed by atoms with Gasteiger partial charge in [-0.3, -0.25) is 4.79 Å². The summed E-state index contributed by atoms with van der Waals surface area (Å²) in [5.41, 5.74) is 3.06. The summed E-state index contributed by atoms with van der Waals surface area (Å²) in [5.74, 6) is -1.47. The SMILES string of the molecule is CC1=C(C(=O)O)[C@H](c2ccc(Br)cc2)C2=C(CC(C)(C)CC2=O)N1. The van der Waals surface area contributed by atoms with Crippen LogP contribution in [0.2, 0.25) is 0 Å². The molecule has 0 unspecified atom stereocenters. The first kappa shape index (κ1) is 17.0. The Bertz CT molecular complexity index is 787. The number of allylic oxidation sites excluding steroid dienone is 3. The number of hydrogen-bond acceptors (Lipinski definition) is 3. The molecule has 2 N–H and O–H groups in total. The van der Waals surface area contributed by atoms with Crippen molar-refractivity contribution in [3.63, 3.8) is 0 Å². The fourth-order valence-electron chi connectivity index (χ4n) is 3.71. The lowest BCUT2D eigenvalue weighted by molar-refractivity contribution is -0.133. The summed E-state index contributed by atoms with van der Waals surface area (Å²) >= 11 is 3.40. The number of carbonyl (C=O) groups is 2. The number of ketones is 1. The van der Waals surface area contributed by atoms with E-state index < -0.39 is 11.9 Å². The van der Waals surface area contributed by atoms with Crippen LogP contribution in [0.25, 0.3) is 0 Å². The molecule has 0 spiro atoms. The van der Waals surface area contributed by atoms with Gasteiger partial charge in [0.1, 0.15) is 0 Å². The van der Waals surface area contributed by atoms with Crippen LogP contribution in [0.5, 0.6) is 0 Å². The number of hydrogen-bond donors (Lipinski definition) is 2. The molecule has 5 heteroatoms. The molecule has 1 atom stereocenters. The zero-order valence-electron chi connectivity index (χ0n) is 13.9. The Morgan fingerprint density at radius 1 is 1.25 bits per heavy atom. The van der Waals surface area contributed by atoms with Crippen LogP contribution in [0, 0.1) is 5.41 Å². The molecule has 0 fully saturated rings. The molecule has 3 rings (SSSR count). The number of carboxylic acid groups (broad SMARTS) is 1. The van der Waals surface area contributed by atoms with E-state index in [-0.39, 0.29) is 16.8 Å². The second-order valence-corrected chi connectivity index (χ2v) is 8.20. The number of rotatable bonds is 2. The van der Waals surface area contributed by atoms with Crippen LogP contribution in [0.15, 0.2) is 51.3 Å². The minimum absolute atomic E-state index is 0.0351. The first-order valence-corrected chi connectivity index (χ1v) is 8.72. The fourth-order valence-corrected chi connectivity index (χ4v) is 3.97. The molecule has 0 amide bonds. The van der Waals surface area contributed by atoms with Crippen LogP contribution in [0.1, 0.15) is 45.1 Å². The molecule has 24 heavy (non-hydrogen) atoms. The molecular formula is C19H20BrNO3. The van der Waals surface area contributed by atoms with Gasteiger partial charge in [-0.2, -0.15) is 0 Å². The number of dihydropyridines is 1. The monoisotopic (exact) mass is 389 g/mol. The van der Waals surface area contributed by atoms with E-state index in [0.29, 0.717) is 17.7 Å². The predicted molar refractivity (Wildman–Crippen MR) is 95.4 cm³/mol. The minimum Gasteiger partial charge on any atom is -0.478 e. The zero-order chi connectivity index (χ0) is 17.6. The Hall–Kier alpha value is -1.88. The van der Waals surface area contributed by atoms with Gasteiger partial charge in [-0.1, -0.05) is 41.9 Å². The highest BCUT2D eigenvalue weighted by atomic mass is 79.9. The molecule has 0 aromatic heterocycles. The van der Waals surface area contributed by atoms with Crippen LogP contribution in [-0.2, 0) is 9.59 Å². The lowest BCUT2D eigenvalue weighted by Crippen LogP contribution is -2.38. The normalized spacial score (nSPS) is 23.0. The van der Waals surface area contributed by atoms with Crippen LogP contribution < -0.4 is 5.32 Å². The summed E-state index contributed by atoms with van der Waals surface area (Å²) in [7, 11) is 0. The van der Waals surface area contributed by atoms with E-state index >= 15 is 0 Å². The highest BCUT2D eigenvalue weighted by molar-refractivity contribution is 9.10. The second kappa shape index (κ2) is 5.88. The van der Waals surface area contributed by atoms with Gasteiger partial charge >= 0.3 is 5.97 Å². The summed E-state index contributed by atoms with van der Waals surface area (Å²) in [6.45, 7) is 5.90. The number of benzene rings is 1. The number of carbonyl (C=O) groups excluding carboxylic acids is 1. The summed E-state index contributed by atoms with van der Waals surface area (Å²) in [4.78, 5) is 24.7. The Morgan fingerprint density at radius 2 is 1.88 bits per heavy atom. The summed E-state index contributed by atoms with van der Waals surface area (Å²) in [6, 6.07) is 7.52. The van der Waals surface area contributed by atoms with Crippen LogP contribution >= 0.6 is 15.9 Å². The Labute approximate surface area is 149 Å². The summed E-state index contributed by atoms with van der Waals surface area (Å²) in [5, 5.41) is 12.9. The largest absolute Gasteiger partial charge is 0.478 e. The molecule has 4 nitrogen and oxygen atoms in total. The van der Waals surface area contributed by atoms with Crippen molar-refractivity contribution in [2.45, 2.75) is 39.5 Å². The second-order valence-electron chi connectivity index (χ2n) is 7.29. The van der Waals surface area contributed by atoms with Crippen molar-refractivity contribution < 1.29 is 14.7 Å². The van der Waals surface area contributed by atoms with Crippen LogP contribution in [0.3, 0.4) is 0 Å². The molecule has 2 aliphatic rings. The molecule has 1 heterocycles. The van der Waals surface area contributed by atoms with Gasteiger partial charge in [0, 0.05) is 33.8 Å². The number of aliphatic carboxylic acids is 1. The van der Waals surface area contributed by atoms with Crippen molar-refractivity contribution in [3.05, 3.63) is 56.8 Å². The molecular weight excluding hydrogens is 370 g/mol. The molecule has 126 valence electrons. The molecule has 1 aliphatic heterocycles. The fraction of sp³-hybridized carbons (Fsp3) is 0.368. The average Bonchev–Trinajstić information content (AvgIpc) is 2.44. The Balaban J connectivity index is 2.19. The third-order valence-electron chi connectivity index (χ3n) is 4.67. The average molecular weight is 390 g/mol. The van der Waals surface area contributed by atoms with Gasteiger partial charge in [-0.05, 0) is 36.5 Å². The lowest BCUT2D eigenvalue weighted by atomic mass is 9.68. The van der Waals surface area contributed by atoms with Crippen molar-refractivity contribution in [2.24, 2.45) is 5.41 Å². The van der Waals surface area contributed by atoms with Crippen LogP contribution in [-0.4, -0.2) is 16.9 Å². The van der Waals surface area contributed by atoms with E-state index in [1.807, 2.05) is 24.3 Å². The van der Waals surface area contributed by atoms with Gasteiger partial charge in [0.05, 0.1) is 5.57 Å². The van der Waals surface area contributed by atoms with Gasteiger partial charge in [0.25, 0.3) is 0 Å². The number of Topliss-reactive ketones (excluding diaryl/α,β-unsaturated/α-hetero) is 1. The molecule has 1 aromatic carbocycles. The number of carboxylic acids is 1. The number of nitrogens with one attached hydrogen (secondary N) is 1. The van der Waals surface area contributed by atoms with Gasteiger partial charge in [0.15, 0.2) is 5.78 Å². The summed E-state index contributed by atoms with van der Waals surface area (Å²) in [6.07, 6.45) is 1.18. The molecule has 1 aliphatic carbocycles. The van der Waals surface area contributed by atoms with Crippen molar-refractivity contribution in [1.29, 1.82) is 0 Å². The van der Waals surface area contributed by atoms with Gasteiger partial charge in [0.2, 0.25) is 0 Å². The first-order chi connectivity index (χ1) is 11.2. The van der Waals surface area contributed by atoms with E-state index in [2.05, 4.69) is 35.1 Å². The van der Waals surface area contributed by atoms with Gasteiger partial charge in [-0.15, -0.1) is 0 Å². The first-order valence-electron chi connectivity index (χ1n) is 7.92. The molecule has 1 aromatic rings. The molecule has 0 radical (unpaired) electrons. The van der Waals surface area contributed by atoms with E-state index in [1.165, 1.54) is 0 Å². The smallest absolute Gasteiger partial charge is 0.334 e. The van der Waals surface area contributed by atoms with E-state index in [9.17, 15) is 14.7 Å². The maximum atomic E-state index is 12.8. The van der Waals surface area contributed by atoms with Crippen molar-refractivity contribution >= 4 is 27.7 Å². The van der Waals surface area contributed by atoms with Crippen molar-refractivity contribution in [2.75, 3.05) is 0 Å². The standard InChI is InChI=1S/C19H20BrNO3/c1-10-15(18(23)24)16(11-4-6-12(20)7-5-11)17-13(21-10)8-19(2,3)9-14(17)22/h4-7,16,21H,8-9H2,1-3H3,(H,23,24)/t16-/m0/s1. The van der Waals surface area contributed by atoms with Gasteiger partial charge < -0.3 is 10.4 Å². The highest BCUT2D eigenvalue weighted by Crippen LogP contribution is 2.46. The molecule has 0 bridgehead atoms.